The molecule has 1 heterocycles. The van der Waals surface area contributed by atoms with Crippen LogP contribution < -0.4 is 11.5 Å². The summed E-state index contributed by atoms with van der Waals surface area (Å²) in [5.74, 6) is 0.0954. The lowest BCUT2D eigenvalue weighted by molar-refractivity contribution is -0.138. The Morgan fingerprint density at radius 3 is 2.26 bits per heavy atom. The fourth-order valence-corrected chi connectivity index (χ4v) is 2.61. The van der Waals surface area contributed by atoms with Gasteiger partial charge >= 0.3 is 0 Å². The highest BCUT2D eigenvalue weighted by atomic mass is 35.5. The van der Waals surface area contributed by atoms with Crippen molar-refractivity contribution >= 4 is 24.2 Å². The van der Waals surface area contributed by atoms with Crippen LogP contribution >= 0.6 is 12.4 Å². The number of likely N-dealkylation sites (tertiary alicyclic amines) is 1. The summed E-state index contributed by atoms with van der Waals surface area (Å²) in [6.45, 7) is 5.20. The van der Waals surface area contributed by atoms with E-state index in [0.29, 0.717) is 31.8 Å². The number of carbonyl (C=O) groups excluding carboxylic acids is 2. The molecule has 0 bridgehead atoms. The molecule has 5 nitrogen and oxygen atoms in total. The Morgan fingerprint density at radius 1 is 1.32 bits per heavy atom. The third kappa shape index (κ3) is 5.37. The molecule has 2 amide bonds. The lowest BCUT2D eigenvalue weighted by atomic mass is 9.90. The lowest BCUT2D eigenvalue weighted by Crippen LogP contribution is -2.55. The zero-order valence-corrected chi connectivity index (χ0v) is 12.7. The predicted molar refractivity (Wildman–Crippen MR) is 77.9 cm³/mol. The summed E-state index contributed by atoms with van der Waals surface area (Å²) in [5.41, 5.74) is 10.5. The molecule has 0 spiro atoms. The highest BCUT2D eigenvalue weighted by molar-refractivity contribution is 5.86. The highest BCUT2D eigenvalue weighted by Gasteiger charge is 2.33. The summed E-state index contributed by atoms with van der Waals surface area (Å²) in [6.07, 6.45) is 3.72. The summed E-state index contributed by atoms with van der Waals surface area (Å²) >= 11 is 0. The lowest BCUT2D eigenvalue weighted by Gasteiger charge is -2.36. The fourth-order valence-electron chi connectivity index (χ4n) is 2.61. The predicted octanol–water partition coefficient (Wildman–Crippen LogP) is 1.04. The maximum atomic E-state index is 12.2. The Morgan fingerprint density at radius 2 is 1.84 bits per heavy atom. The molecule has 1 aliphatic rings. The van der Waals surface area contributed by atoms with E-state index in [-0.39, 0.29) is 24.2 Å². The van der Waals surface area contributed by atoms with Crippen molar-refractivity contribution in [2.45, 2.75) is 51.5 Å². The van der Waals surface area contributed by atoms with Crippen molar-refractivity contribution in [2.75, 3.05) is 13.1 Å². The molecular formula is C13H26ClN3O2. The topological polar surface area (TPSA) is 89.4 Å². The van der Waals surface area contributed by atoms with Crippen LogP contribution in [0.5, 0.6) is 0 Å². The Bertz CT molecular complexity index is 313. The quantitative estimate of drug-likeness (QED) is 0.793. The van der Waals surface area contributed by atoms with Crippen molar-refractivity contribution in [3.8, 4) is 0 Å². The minimum atomic E-state index is -0.759. The fraction of sp³-hybridized carbons (Fsp3) is 0.846. The molecule has 1 rings (SSSR count). The van der Waals surface area contributed by atoms with E-state index in [4.69, 9.17) is 11.5 Å². The second-order valence-electron chi connectivity index (χ2n) is 5.57. The molecule has 0 saturated carbocycles. The SMILES string of the molecule is CCCC(C)(N)C(=O)N1CCC(CC(N)=O)CC1.Cl. The maximum Gasteiger partial charge on any atom is 0.242 e. The third-order valence-electron chi connectivity index (χ3n) is 3.65. The van der Waals surface area contributed by atoms with Crippen LogP contribution in [0.2, 0.25) is 0 Å². The molecule has 1 fully saturated rings. The van der Waals surface area contributed by atoms with E-state index >= 15 is 0 Å². The number of primary amides is 1. The van der Waals surface area contributed by atoms with Gasteiger partial charge in [-0.05, 0) is 32.1 Å². The minimum Gasteiger partial charge on any atom is -0.370 e. The first-order valence-corrected chi connectivity index (χ1v) is 6.73. The number of nitrogens with zero attached hydrogens (tertiary/aromatic N) is 1. The van der Waals surface area contributed by atoms with Crippen molar-refractivity contribution in [1.82, 2.24) is 4.90 Å². The molecule has 0 aromatic carbocycles. The average molecular weight is 292 g/mol. The molecule has 0 aliphatic carbocycles. The van der Waals surface area contributed by atoms with Crippen LogP contribution in [0, 0.1) is 5.92 Å². The summed E-state index contributed by atoms with van der Waals surface area (Å²) in [7, 11) is 0. The van der Waals surface area contributed by atoms with Crippen LogP contribution in [-0.2, 0) is 9.59 Å². The van der Waals surface area contributed by atoms with E-state index in [1.165, 1.54) is 0 Å². The summed E-state index contributed by atoms with van der Waals surface area (Å²) in [5, 5.41) is 0. The highest BCUT2D eigenvalue weighted by Crippen LogP contribution is 2.23. The van der Waals surface area contributed by atoms with Gasteiger partial charge in [0.1, 0.15) is 0 Å². The Kier molecular flexibility index (Phi) is 7.37. The van der Waals surface area contributed by atoms with Crippen molar-refractivity contribution in [3.63, 3.8) is 0 Å². The third-order valence-corrected chi connectivity index (χ3v) is 3.65. The normalized spacial score (nSPS) is 19.4. The first kappa shape index (κ1) is 18.2. The van der Waals surface area contributed by atoms with Crippen molar-refractivity contribution in [1.29, 1.82) is 0 Å². The van der Waals surface area contributed by atoms with Gasteiger partial charge in [0.15, 0.2) is 0 Å². The zero-order chi connectivity index (χ0) is 13.8. The van der Waals surface area contributed by atoms with Gasteiger partial charge in [-0.1, -0.05) is 13.3 Å². The number of amides is 2. The van der Waals surface area contributed by atoms with Gasteiger partial charge in [-0.25, -0.2) is 0 Å². The molecule has 0 aromatic heterocycles. The van der Waals surface area contributed by atoms with Gasteiger partial charge in [0, 0.05) is 19.5 Å². The first-order valence-electron chi connectivity index (χ1n) is 6.73. The summed E-state index contributed by atoms with van der Waals surface area (Å²) in [6, 6.07) is 0. The molecule has 19 heavy (non-hydrogen) atoms. The van der Waals surface area contributed by atoms with E-state index in [1.807, 2.05) is 11.8 Å². The van der Waals surface area contributed by atoms with Crippen LogP contribution in [0.3, 0.4) is 0 Å². The molecular weight excluding hydrogens is 266 g/mol. The number of hydrogen-bond donors (Lipinski definition) is 2. The van der Waals surface area contributed by atoms with E-state index in [0.717, 1.165) is 19.3 Å². The molecule has 112 valence electrons. The number of piperidine rings is 1. The van der Waals surface area contributed by atoms with Crippen molar-refractivity contribution < 1.29 is 9.59 Å². The Labute approximate surface area is 121 Å². The van der Waals surface area contributed by atoms with E-state index in [1.54, 1.807) is 6.92 Å². The van der Waals surface area contributed by atoms with Crippen LogP contribution in [-0.4, -0.2) is 35.3 Å². The number of hydrogen-bond acceptors (Lipinski definition) is 3. The first-order chi connectivity index (χ1) is 8.36. The second-order valence-corrected chi connectivity index (χ2v) is 5.57. The average Bonchev–Trinajstić information content (AvgIpc) is 2.28. The van der Waals surface area contributed by atoms with E-state index in [9.17, 15) is 9.59 Å². The molecule has 1 atom stereocenters. The van der Waals surface area contributed by atoms with Crippen molar-refractivity contribution in [2.24, 2.45) is 17.4 Å². The molecule has 0 aromatic rings. The summed E-state index contributed by atoms with van der Waals surface area (Å²) in [4.78, 5) is 24.9. The maximum absolute atomic E-state index is 12.2. The minimum absolute atomic E-state index is 0. The van der Waals surface area contributed by atoms with E-state index in [2.05, 4.69) is 0 Å². The van der Waals surface area contributed by atoms with Crippen LogP contribution in [0.1, 0.15) is 46.0 Å². The van der Waals surface area contributed by atoms with Crippen LogP contribution in [0.4, 0.5) is 0 Å². The number of rotatable bonds is 5. The summed E-state index contributed by atoms with van der Waals surface area (Å²) < 4.78 is 0. The van der Waals surface area contributed by atoms with Gasteiger partial charge in [0.25, 0.3) is 0 Å². The number of nitrogens with two attached hydrogens (primary N) is 2. The second kappa shape index (κ2) is 7.70. The number of halogens is 1. The van der Waals surface area contributed by atoms with Crippen LogP contribution in [0.15, 0.2) is 0 Å². The van der Waals surface area contributed by atoms with Gasteiger partial charge in [-0.15, -0.1) is 12.4 Å². The molecule has 0 radical (unpaired) electrons. The Balaban J connectivity index is 0.00000324. The van der Waals surface area contributed by atoms with E-state index < -0.39 is 5.54 Å². The standard InChI is InChI=1S/C13H25N3O2.ClH/c1-3-6-13(2,15)12(18)16-7-4-10(5-8-16)9-11(14)17;/h10H,3-9,15H2,1-2H3,(H2,14,17);1H. The van der Waals surface area contributed by atoms with Gasteiger partial charge in [-0.2, -0.15) is 0 Å². The molecule has 4 N–H and O–H groups in total. The molecule has 1 unspecified atom stereocenters. The smallest absolute Gasteiger partial charge is 0.242 e. The van der Waals surface area contributed by atoms with Gasteiger partial charge in [0.05, 0.1) is 5.54 Å². The zero-order valence-electron chi connectivity index (χ0n) is 11.9. The van der Waals surface area contributed by atoms with Gasteiger partial charge in [0.2, 0.25) is 11.8 Å². The van der Waals surface area contributed by atoms with Crippen molar-refractivity contribution in [3.05, 3.63) is 0 Å². The molecule has 6 heteroatoms. The largest absolute Gasteiger partial charge is 0.370 e. The number of carbonyl (C=O) groups is 2. The monoisotopic (exact) mass is 291 g/mol. The van der Waals surface area contributed by atoms with Gasteiger partial charge < -0.3 is 16.4 Å². The Hall–Kier alpha value is -0.810. The molecule has 1 aliphatic heterocycles. The van der Waals surface area contributed by atoms with Gasteiger partial charge in [-0.3, -0.25) is 9.59 Å². The van der Waals surface area contributed by atoms with Crippen LogP contribution in [0.25, 0.3) is 0 Å². The molecule has 1 saturated heterocycles.